The molecule has 1 atom stereocenters. The quantitative estimate of drug-likeness (QED) is 0.350. The molecule has 146 valence electrons. The van der Waals surface area contributed by atoms with Crippen LogP contribution < -0.4 is 0 Å². The van der Waals surface area contributed by atoms with Crippen LogP contribution >= 0.6 is 27.5 Å². The molecule has 0 N–H and O–H groups in total. The van der Waals surface area contributed by atoms with E-state index in [4.69, 9.17) is 11.6 Å². The minimum atomic E-state index is -0.695. The molecule has 3 aromatic rings. The fraction of sp³-hybridized carbons (Fsp3) is 0.136. The maximum absolute atomic E-state index is 13.4. The van der Waals surface area contributed by atoms with Crippen molar-refractivity contribution in [3.63, 3.8) is 0 Å². The Hall–Kier alpha value is -2.70. The van der Waals surface area contributed by atoms with E-state index in [1.807, 2.05) is 49.4 Å². The molecule has 0 saturated carbocycles. The molecule has 0 saturated heterocycles. The molecule has 0 aliphatic carbocycles. The summed E-state index contributed by atoms with van der Waals surface area (Å²) in [6.07, 6.45) is 0. The molecule has 5 nitrogen and oxygen atoms in total. The van der Waals surface area contributed by atoms with Crippen molar-refractivity contribution >= 4 is 39.1 Å². The first-order valence-corrected chi connectivity index (χ1v) is 10.1. The van der Waals surface area contributed by atoms with E-state index in [0.29, 0.717) is 17.1 Å². The highest BCUT2D eigenvalue weighted by atomic mass is 79.9. The molecule has 7 heteroatoms. The monoisotopic (exact) mass is 470 g/mol. The van der Waals surface area contributed by atoms with Gasteiger partial charge in [0.2, 0.25) is 0 Å². The first-order chi connectivity index (χ1) is 13.8. The molecule has 1 heterocycles. The van der Waals surface area contributed by atoms with Crippen LogP contribution in [0.1, 0.15) is 34.0 Å². The molecule has 0 fully saturated rings. The maximum atomic E-state index is 13.4. The lowest BCUT2D eigenvalue weighted by Gasteiger charge is -2.37. The highest BCUT2D eigenvalue weighted by molar-refractivity contribution is 9.10. The first-order valence-electron chi connectivity index (χ1n) is 8.92. The number of benzene rings is 3. The largest absolute Gasteiger partial charge is 0.321 e. The van der Waals surface area contributed by atoms with E-state index in [-0.39, 0.29) is 11.6 Å². The highest BCUT2D eigenvalue weighted by Gasteiger charge is 2.47. The number of hydrogen-bond acceptors (Lipinski definition) is 3. The zero-order chi connectivity index (χ0) is 20.8. The van der Waals surface area contributed by atoms with E-state index >= 15 is 0 Å². The number of nitro groups is 1. The Morgan fingerprint density at radius 3 is 2.34 bits per heavy atom. The SMILES string of the molecule is CC1(c2ccc(Cl)cc2)c2ccc(Br)cc2C(=O)N1Cc1ccc([N+](=O)[O-])cc1. The molecule has 1 aliphatic rings. The van der Waals surface area contributed by atoms with Gasteiger partial charge in [0.1, 0.15) is 0 Å². The normalized spacial score (nSPS) is 18.0. The van der Waals surface area contributed by atoms with Gasteiger partial charge in [0.05, 0.1) is 10.5 Å². The summed E-state index contributed by atoms with van der Waals surface area (Å²) in [6, 6.07) is 19.5. The Kier molecular flexibility index (Phi) is 4.92. The van der Waals surface area contributed by atoms with E-state index in [2.05, 4.69) is 15.9 Å². The third kappa shape index (κ3) is 3.32. The van der Waals surface area contributed by atoms with Gasteiger partial charge in [-0.15, -0.1) is 0 Å². The van der Waals surface area contributed by atoms with E-state index < -0.39 is 10.5 Å². The predicted molar refractivity (Wildman–Crippen MR) is 115 cm³/mol. The molecule has 1 amide bonds. The molecular formula is C22H16BrClN2O3. The van der Waals surface area contributed by atoms with Gasteiger partial charge in [-0.25, -0.2) is 0 Å². The Labute approximate surface area is 181 Å². The summed E-state index contributed by atoms with van der Waals surface area (Å²) < 4.78 is 0.834. The lowest BCUT2D eigenvalue weighted by molar-refractivity contribution is -0.384. The lowest BCUT2D eigenvalue weighted by atomic mass is 9.84. The lowest BCUT2D eigenvalue weighted by Crippen LogP contribution is -2.41. The highest BCUT2D eigenvalue weighted by Crippen LogP contribution is 2.45. The average molecular weight is 472 g/mol. The van der Waals surface area contributed by atoms with Crippen molar-refractivity contribution in [1.82, 2.24) is 4.90 Å². The van der Waals surface area contributed by atoms with Crippen LogP contribution in [0.4, 0.5) is 5.69 Å². The van der Waals surface area contributed by atoms with Crippen LogP contribution in [-0.4, -0.2) is 15.7 Å². The third-order valence-corrected chi connectivity index (χ3v) is 6.16. The van der Waals surface area contributed by atoms with Crippen LogP contribution in [0, 0.1) is 10.1 Å². The summed E-state index contributed by atoms with van der Waals surface area (Å²) in [5, 5.41) is 11.6. The second-order valence-corrected chi connectivity index (χ2v) is 8.44. The molecule has 0 aromatic heterocycles. The number of nitrogens with zero attached hydrogens (tertiary/aromatic N) is 2. The summed E-state index contributed by atoms with van der Waals surface area (Å²) in [7, 11) is 0. The number of carbonyl (C=O) groups is 1. The molecule has 4 rings (SSSR count). The summed E-state index contributed by atoms with van der Waals surface area (Å²) in [4.78, 5) is 25.7. The number of non-ortho nitro benzene ring substituents is 1. The van der Waals surface area contributed by atoms with Gasteiger partial charge >= 0.3 is 0 Å². The summed E-state index contributed by atoms with van der Waals surface area (Å²) in [6.45, 7) is 2.33. The first kappa shape index (κ1) is 19.6. The maximum Gasteiger partial charge on any atom is 0.269 e. The number of nitro benzene ring substituents is 1. The van der Waals surface area contributed by atoms with Crippen molar-refractivity contribution in [3.8, 4) is 0 Å². The number of amides is 1. The van der Waals surface area contributed by atoms with Crippen molar-refractivity contribution in [2.75, 3.05) is 0 Å². The molecule has 1 aliphatic heterocycles. The third-order valence-electron chi connectivity index (χ3n) is 5.42. The summed E-state index contributed by atoms with van der Waals surface area (Å²) >= 11 is 9.53. The molecule has 29 heavy (non-hydrogen) atoms. The number of hydrogen-bond donors (Lipinski definition) is 0. The fourth-order valence-corrected chi connectivity index (χ4v) is 4.32. The standard InChI is InChI=1S/C22H16BrClN2O3/c1-22(15-4-7-17(24)8-5-15)20-11-6-16(23)12-19(20)21(27)25(22)13-14-2-9-18(10-3-14)26(28)29/h2-12H,13H2,1H3. The van der Waals surface area contributed by atoms with Gasteiger partial charge in [-0.2, -0.15) is 0 Å². The van der Waals surface area contributed by atoms with Crippen LogP contribution in [0.5, 0.6) is 0 Å². The predicted octanol–water partition coefficient (Wildman–Crippen LogP) is 5.93. The van der Waals surface area contributed by atoms with Crippen LogP contribution in [0.25, 0.3) is 0 Å². The van der Waals surface area contributed by atoms with Gasteiger partial charge in [-0.05, 0) is 47.9 Å². The van der Waals surface area contributed by atoms with Gasteiger partial charge in [0.15, 0.2) is 0 Å². The number of rotatable bonds is 4. The second kappa shape index (κ2) is 7.28. The molecule has 0 spiro atoms. The summed E-state index contributed by atoms with van der Waals surface area (Å²) in [5.41, 5.74) is 2.64. The van der Waals surface area contributed by atoms with Crippen molar-refractivity contribution in [3.05, 3.63) is 109 Å². The Balaban J connectivity index is 1.81. The van der Waals surface area contributed by atoms with Crippen molar-refractivity contribution < 1.29 is 9.72 Å². The van der Waals surface area contributed by atoms with Crippen LogP contribution in [0.2, 0.25) is 5.02 Å². The zero-order valence-electron chi connectivity index (χ0n) is 15.4. The van der Waals surface area contributed by atoms with Gasteiger partial charge in [0.25, 0.3) is 11.6 Å². The van der Waals surface area contributed by atoms with Crippen molar-refractivity contribution in [1.29, 1.82) is 0 Å². The fourth-order valence-electron chi connectivity index (χ4n) is 3.83. The molecule has 3 aromatic carbocycles. The Morgan fingerprint density at radius 2 is 1.72 bits per heavy atom. The number of carbonyl (C=O) groups excluding carboxylic acids is 1. The second-order valence-electron chi connectivity index (χ2n) is 7.08. The topological polar surface area (TPSA) is 63.5 Å². The average Bonchev–Trinajstić information content (AvgIpc) is 2.91. The Morgan fingerprint density at radius 1 is 1.07 bits per heavy atom. The van der Waals surface area contributed by atoms with E-state index in [1.54, 1.807) is 17.0 Å². The van der Waals surface area contributed by atoms with Gasteiger partial charge < -0.3 is 4.90 Å². The zero-order valence-corrected chi connectivity index (χ0v) is 17.8. The molecule has 0 radical (unpaired) electrons. The van der Waals surface area contributed by atoms with Gasteiger partial charge in [-0.3, -0.25) is 14.9 Å². The van der Waals surface area contributed by atoms with Gasteiger partial charge in [0, 0.05) is 33.7 Å². The Bertz CT molecular complexity index is 1120. The number of halogens is 2. The smallest absolute Gasteiger partial charge is 0.269 e. The van der Waals surface area contributed by atoms with E-state index in [9.17, 15) is 14.9 Å². The van der Waals surface area contributed by atoms with Gasteiger partial charge in [-0.1, -0.05) is 57.9 Å². The van der Waals surface area contributed by atoms with Crippen LogP contribution in [-0.2, 0) is 12.1 Å². The minimum absolute atomic E-state index is 0.0224. The number of fused-ring (bicyclic) bond motifs is 1. The molecule has 1 unspecified atom stereocenters. The van der Waals surface area contributed by atoms with Crippen LogP contribution in [0.3, 0.4) is 0 Å². The van der Waals surface area contributed by atoms with E-state index in [1.165, 1.54) is 12.1 Å². The van der Waals surface area contributed by atoms with Crippen molar-refractivity contribution in [2.45, 2.75) is 19.0 Å². The van der Waals surface area contributed by atoms with Crippen molar-refractivity contribution in [2.24, 2.45) is 0 Å². The van der Waals surface area contributed by atoms with E-state index in [0.717, 1.165) is 21.2 Å². The molecular weight excluding hydrogens is 456 g/mol. The van der Waals surface area contributed by atoms with Crippen LogP contribution in [0.15, 0.2) is 71.2 Å². The minimum Gasteiger partial charge on any atom is -0.321 e. The molecule has 0 bridgehead atoms. The summed E-state index contributed by atoms with van der Waals surface area (Å²) in [5.74, 6) is -0.0860.